The minimum Gasteiger partial charge on any atom is -0.465 e. The average Bonchev–Trinajstić information content (AvgIpc) is 3.25. The normalized spacial score (nSPS) is 15.3. The molecule has 31 heavy (non-hydrogen) atoms. The number of hydrogen-bond acceptors (Lipinski definition) is 6. The summed E-state index contributed by atoms with van der Waals surface area (Å²) in [4.78, 5) is 40.9. The third-order valence-corrected chi connectivity index (χ3v) is 5.13. The van der Waals surface area contributed by atoms with E-state index in [4.69, 9.17) is 19.9 Å². The number of esters is 1. The monoisotopic (exact) mass is 419 g/mol. The number of carbonyl (C=O) groups is 3. The number of nitrogens with zero attached hydrogens (tertiary/aromatic N) is 1. The van der Waals surface area contributed by atoms with Gasteiger partial charge in [-0.2, -0.15) is 0 Å². The highest BCUT2D eigenvalue weighted by atomic mass is 16.5. The van der Waals surface area contributed by atoms with Gasteiger partial charge in [0.15, 0.2) is 6.10 Å². The molecule has 4 rings (SSSR count). The van der Waals surface area contributed by atoms with Crippen molar-refractivity contribution in [1.82, 2.24) is 10.3 Å². The minimum atomic E-state index is -1.19. The zero-order chi connectivity index (χ0) is 22.0. The Bertz CT molecular complexity index is 1200. The van der Waals surface area contributed by atoms with Crippen molar-refractivity contribution >= 4 is 40.5 Å². The summed E-state index contributed by atoms with van der Waals surface area (Å²) in [6, 6.07) is 9.96. The molecular weight excluding hydrogens is 398 g/mol. The van der Waals surface area contributed by atoms with Gasteiger partial charge in [-0.3, -0.25) is 10.1 Å². The second-order valence-electron chi connectivity index (χ2n) is 7.27. The van der Waals surface area contributed by atoms with Gasteiger partial charge in [0.1, 0.15) is 5.76 Å². The van der Waals surface area contributed by atoms with E-state index in [9.17, 15) is 14.4 Å². The lowest BCUT2D eigenvalue weighted by Crippen LogP contribution is -2.42. The molecule has 0 fully saturated rings. The first-order valence-corrected chi connectivity index (χ1v) is 9.91. The highest BCUT2D eigenvalue weighted by molar-refractivity contribution is 6.07. The number of ether oxygens (including phenoxy) is 1. The third-order valence-electron chi connectivity index (χ3n) is 5.13. The molecule has 0 aliphatic heterocycles. The number of rotatable bonds is 4. The van der Waals surface area contributed by atoms with Crippen molar-refractivity contribution in [3.05, 3.63) is 65.2 Å². The topological polar surface area (TPSA) is 125 Å². The number of benzene rings is 1. The minimum absolute atomic E-state index is 0.379. The van der Waals surface area contributed by atoms with E-state index in [1.165, 1.54) is 6.92 Å². The van der Waals surface area contributed by atoms with Crippen LogP contribution < -0.4 is 11.1 Å². The van der Waals surface area contributed by atoms with E-state index in [2.05, 4.69) is 0 Å². The van der Waals surface area contributed by atoms with Gasteiger partial charge in [-0.25, -0.2) is 14.6 Å². The standard InChI is InChI=1S/C23H21N3O5/c1-13(21(27)26-23(24)29)31-22(28)19-16-8-2-3-10-18(16)25-20-14(6-4-9-17(19)20)12-15-7-5-11-30-15/h2-3,5,7-8,10-13H,4,6,9H2,1H3,(H3,24,26,27,29)/b14-12-/t13-/m1/s1. The van der Waals surface area contributed by atoms with Crippen LogP contribution in [-0.2, 0) is 16.0 Å². The number of amides is 3. The summed E-state index contributed by atoms with van der Waals surface area (Å²) >= 11 is 0. The second kappa shape index (κ2) is 8.43. The zero-order valence-electron chi connectivity index (χ0n) is 16.9. The first kappa shape index (κ1) is 20.3. The SMILES string of the molecule is C[C@@H](OC(=O)c1c2c(nc3ccccc13)/C(=C\c1ccco1)CCC2)C(=O)NC(N)=O. The number of pyridine rings is 1. The second-order valence-corrected chi connectivity index (χ2v) is 7.27. The quantitative estimate of drug-likeness (QED) is 0.624. The molecule has 2 heterocycles. The molecular formula is C23H21N3O5. The van der Waals surface area contributed by atoms with Crippen molar-refractivity contribution in [2.75, 3.05) is 0 Å². The number of nitrogens with two attached hydrogens (primary N) is 1. The molecule has 2 aromatic heterocycles. The number of primary amides is 1. The molecule has 1 aromatic carbocycles. The summed E-state index contributed by atoms with van der Waals surface area (Å²) < 4.78 is 10.8. The predicted molar refractivity (Wildman–Crippen MR) is 114 cm³/mol. The Morgan fingerprint density at radius 1 is 1.19 bits per heavy atom. The number of allylic oxidation sites excluding steroid dienone is 1. The number of aromatic nitrogens is 1. The van der Waals surface area contributed by atoms with Crippen LogP contribution in [0.25, 0.3) is 22.6 Å². The molecule has 0 spiro atoms. The van der Waals surface area contributed by atoms with Gasteiger partial charge in [-0.15, -0.1) is 0 Å². The van der Waals surface area contributed by atoms with Gasteiger partial charge in [0.05, 0.1) is 23.0 Å². The van der Waals surface area contributed by atoms with Crippen molar-refractivity contribution in [3.63, 3.8) is 0 Å². The third kappa shape index (κ3) is 4.18. The fraction of sp³-hybridized carbons (Fsp3) is 0.217. The molecule has 158 valence electrons. The van der Waals surface area contributed by atoms with Gasteiger partial charge in [-0.05, 0) is 61.6 Å². The van der Waals surface area contributed by atoms with Crippen LogP contribution in [0.4, 0.5) is 4.79 Å². The Kier molecular flexibility index (Phi) is 5.53. The molecule has 8 heteroatoms. The van der Waals surface area contributed by atoms with Gasteiger partial charge < -0.3 is 14.9 Å². The summed E-state index contributed by atoms with van der Waals surface area (Å²) in [5.74, 6) is -0.730. The maximum atomic E-state index is 13.2. The van der Waals surface area contributed by atoms with Crippen molar-refractivity contribution < 1.29 is 23.5 Å². The van der Waals surface area contributed by atoms with E-state index in [0.717, 1.165) is 29.7 Å². The van der Waals surface area contributed by atoms with Crippen LogP contribution in [0.1, 0.15) is 47.1 Å². The molecule has 3 N–H and O–H groups in total. The molecule has 0 saturated carbocycles. The first-order chi connectivity index (χ1) is 14.9. The molecule has 1 aliphatic carbocycles. The first-order valence-electron chi connectivity index (χ1n) is 9.91. The van der Waals surface area contributed by atoms with Crippen LogP contribution in [0, 0.1) is 0 Å². The van der Waals surface area contributed by atoms with E-state index in [0.29, 0.717) is 28.6 Å². The number of urea groups is 1. The Hall–Kier alpha value is -3.94. The van der Waals surface area contributed by atoms with Crippen LogP contribution in [-0.4, -0.2) is 29.0 Å². The summed E-state index contributed by atoms with van der Waals surface area (Å²) in [6.45, 7) is 1.38. The fourth-order valence-electron chi connectivity index (χ4n) is 3.75. The van der Waals surface area contributed by atoms with E-state index < -0.39 is 24.0 Å². The van der Waals surface area contributed by atoms with E-state index in [1.807, 2.05) is 41.7 Å². The summed E-state index contributed by atoms with van der Waals surface area (Å²) in [5, 5.41) is 2.57. The van der Waals surface area contributed by atoms with Gasteiger partial charge >= 0.3 is 12.0 Å². The number of nitrogens with one attached hydrogen (secondary N) is 1. The Morgan fingerprint density at radius 3 is 2.74 bits per heavy atom. The maximum absolute atomic E-state index is 13.2. The Labute approximate surface area is 178 Å². The summed E-state index contributed by atoms with van der Waals surface area (Å²) in [6.07, 6.45) is 4.62. The number of carbonyl (C=O) groups excluding carboxylic acids is 3. The average molecular weight is 419 g/mol. The smallest absolute Gasteiger partial charge is 0.339 e. The van der Waals surface area contributed by atoms with E-state index in [-0.39, 0.29) is 0 Å². The fourth-order valence-corrected chi connectivity index (χ4v) is 3.75. The lowest BCUT2D eigenvalue weighted by Gasteiger charge is -2.23. The van der Waals surface area contributed by atoms with Gasteiger partial charge in [0.2, 0.25) is 0 Å². The van der Waals surface area contributed by atoms with Gasteiger partial charge in [-0.1, -0.05) is 18.2 Å². The highest BCUT2D eigenvalue weighted by Crippen LogP contribution is 2.36. The molecule has 3 amide bonds. The maximum Gasteiger partial charge on any atom is 0.339 e. The van der Waals surface area contributed by atoms with Crippen LogP contribution in [0.3, 0.4) is 0 Å². The molecule has 3 aromatic rings. The number of fused-ring (bicyclic) bond motifs is 2. The van der Waals surface area contributed by atoms with E-state index >= 15 is 0 Å². The highest BCUT2D eigenvalue weighted by Gasteiger charge is 2.28. The largest absolute Gasteiger partial charge is 0.465 e. The number of furan rings is 1. The number of imide groups is 1. The van der Waals surface area contributed by atoms with Crippen LogP contribution in [0.2, 0.25) is 0 Å². The van der Waals surface area contributed by atoms with Crippen molar-refractivity contribution in [2.24, 2.45) is 5.73 Å². The molecule has 1 atom stereocenters. The van der Waals surface area contributed by atoms with Crippen LogP contribution in [0.15, 0.2) is 47.1 Å². The predicted octanol–water partition coefficient (Wildman–Crippen LogP) is 3.44. The van der Waals surface area contributed by atoms with Crippen molar-refractivity contribution in [3.8, 4) is 0 Å². The molecule has 8 nitrogen and oxygen atoms in total. The number of para-hydroxylation sites is 1. The lowest BCUT2D eigenvalue weighted by molar-refractivity contribution is -0.127. The molecule has 0 radical (unpaired) electrons. The van der Waals surface area contributed by atoms with E-state index in [1.54, 1.807) is 12.3 Å². The summed E-state index contributed by atoms with van der Waals surface area (Å²) in [5.41, 5.74) is 8.47. The summed E-state index contributed by atoms with van der Waals surface area (Å²) in [7, 11) is 0. The Balaban J connectivity index is 1.79. The lowest BCUT2D eigenvalue weighted by atomic mass is 9.86. The molecule has 1 aliphatic rings. The molecule has 0 unspecified atom stereocenters. The van der Waals surface area contributed by atoms with Gasteiger partial charge in [0, 0.05) is 5.39 Å². The molecule has 0 saturated heterocycles. The Morgan fingerprint density at radius 2 is 2.00 bits per heavy atom. The van der Waals surface area contributed by atoms with Crippen LogP contribution in [0.5, 0.6) is 0 Å². The molecule has 0 bridgehead atoms. The van der Waals surface area contributed by atoms with Crippen molar-refractivity contribution in [1.29, 1.82) is 0 Å². The van der Waals surface area contributed by atoms with Crippen LogP contribution >= 0.6 is 0 Å². The zero-order valence-corrected chi connectivity index (χ0v) is 16.9. The number of hydrogen-bond donors (Lipinski definition) is 2. The van der Waals surface area contributed by atoms with Gasteiger partial charge in [0.25, 0.3) is 5.91 Å². The van der Waals surface area contributed by atoms with Crippen molar-refractivity contribution in [2.45, 2.75) is 32.3 Å².